The Morgan fingerprint density at radius 1 is 1.38 bits per heavy atom. The minimum absolute atomic E-state index is 0.126. The van der Waals surface area contributed by atoms with E-state index in [0.29, 0.717) is 13.0 Å². The van der Waals surface area contributed by atoms with E-state index in [-0.39, 0.29) is 11.9 Å². The van der Waals surface area contributed by atoms with E-state index >= 15 is 0 Å². The normalized spacial score (nSPS) is 20.3. The third-order valence-electron chi connectivity index (χ3n) is 3.03. The van der Waals surface area contributed by atoms with Crippen molar-refractivity contribution in [3.05, 3.63) is 35.5 Å². The molecule has 1 aromatic heterocycles. The zero-order valence-electron chi connectivity index (χ0n) is 8.61. The Kier molecular flexibility index (Phi) is 2.14. The maximum absolute atomic E-state index is 11.2. The third-order valence-corrected chi connectivity index (χ3v) is 3.27. The molecule has 3 nitrogen and oxygen atoms in total. The molecule has 0 bridgehead atoms. The van der Waals surface area contributed by atoms with Gasteiger partial charge in [0.05, 0.1) is 6.04 Å². The molecule has 0 aliphatic carbocycles. The molecule has 1 fully saturated rings. The van der Waals surface area contributed by atoms with Crippen molar-refractivity contribution in [1.29, 1.82) is 0 Å². The molecular weight excluding hydrogens is 224 g/mol. The van der Waals surface area contributed by atoms with Gasteiger partial charge in [0.15, 0.2) is 0 Å². The lowest BCUT2D eigenvalue weighted by Gasteiger charge is -2.11. The van der Waals surface area contributed by atoms with Crippen LogP contribution in [-0.2, 0) is 4.79 Å². The predicted octanol–water partition coefficient (Wildman–Crippen LogP) is 2.36. The second-order valence-electron chi connectivity index (χ2n) is 4.09. The fraction of sp³-hybridized carbons (Fsp3) is 0.250. The number of amides is 1. The summed E-state index contributed by atoms with van der Waals surface area (Å²) in [5.74, 6) is 0.126. The number of nitrogens with zero attached hydrogens (tertiary/aromatic N) is 1. The van der Waals surface area contributed by atoms with Crippen LogP contribution in [0.4, 0.5) is 0 Å². The summed E-state index contributed by atoms with van der Waals surface area (Å²) in [5.41, 5.74) is 1.13. The first kappa shape index (κ1) is 9.73. The van der Waals surface area contributed by atoms with Crippen molar-refractivity contribution >= 4 is 28.4 Å². The number of fused-ring (bicyclic) bond motifs is 1. The number of rotatable bonds is 1. The number of hydrogen-bond acceptors (Lipinski definition) is 1. The summed E-state index contributed by atoms with van der Waals surface area (Å²) in [6.07, 6.45) is 2.58. The molecule has 16 heavy (non-hydrogen) atoms. The van der Waals surface area contributed by atoms with Crippen LogP contribution in [0.2, 0.25) is 5.02 Å². The summed E-state index contributed by atoms with van der Waals surface area (Å²) in [6, 6.07) is 8.08. The van der Waals surface area contributed by atoms with Gasteiger partial charge in [-0.15, -0.1) is 0 Å². The summed E-state index contributed by atoms with van der Waals surface area (Å²) in [5, 5.41) is 4.71. The van der Waals surface area contributed by atoms with Crippen LogP contribution in [0.15, 0.2) is 30.5 Å². The highest BCUT2D eigenvalue weighted by molar-refractivity contribution is 6.31. The van der Waals surface area contributed by atoms with Crippen LogP contribution in [0.1, 0.15) is 12.5 Å². The third kappa shape index (κ3) is 1.48. The monoisotopic (exact) mass is 234 g/mol. The van der Waals surface area contributed by atoms with Crippen molar-refractivity contribution in [2.24, 2.45) is 0 Å². The number of carbonyl (C=O) groups excluding carboxylic acids is 1. The van der Waals surface area contributed by atoms with E-state index in [9.17, 15) is 4.79 Å². The topological polar surface area (TPSA) is 34.0 Å². The summed E-state index contributed by atoms with van der Waals surface area (Å²) < 4.78 is 2.14. The van der Waals surface area contributed by atoms with E-state index in [2.05, 4.69) is 9.88 Å². The number of halogens is 1. The molecule has 82 valence electrons. The molecule has 1 atom stereocenters. The Morgan fingerprint density at radius 3 is 3.00 bits per heavy atom. The van der Waals surface area contributed by atoms with Crippen LogP contribution in [-0.4, -0.2) is 17.0 Å². The summed E-state index contributed by atoms with van der Waals surface area (Å²) in [4.78, 5) is 11.2. The smallest absolute Gasteiger partial charge is 0.222 e. The Bertz CT molecular complexity index is 561. The summed E-state index contributed by atoms with van der Waals surface area (Å²) >= 11 is 5.94. The molecule has 0 spiro atoms. The van der Waals surface area contributed by atoms with E-state index < -0.39 is 0 Å². The van der Waals surface area contributed by atoms with Gasteiger partial charge >= 0.3 is 0 Å². The quantitative estimate of drug-likeness (QED) is 0.808. The van der Waals surface area contributed by atoms with Gasteiger partial charge in [-0.2, -0.15) is 0 Å². The molecule has 4 heteroatoms. The Balaban J connectivity index is 2.07. The van der Waals surface area contributed by atoms with Gasteiger partial charge in [0, 0.05) is 35.1 Å². The Hall–Kier alpha value is -1.48. The van der Waals surface area contributed by atoms with Crippen LogP contribution in [0.25, 0.3) is 10.9 Å². The molecule has 1 aliphatic rings. The molecular formula is C12H11ClN2O. The van der Waals surface area contributed by atoms with Crippen molar-refractivity contribution < 1.29 is 4.79 Å². The molecule has 2 heterocycles. The predicted molar refractivity (Wildman–Crippen MR) is 63.6 cm³/mol. The lowest BCUT2D eigenvalue weighted by Crippen LogP contribution is -2.15. The SMILES string of the molecule is O=C1CC(n2ccc3cc(Cl)ccc32)CN1. The number of hydrogen-bond donors (Lipinski definition) is 1. The molecule has 1 amide bonds. The van der Waals surface area contributed by atoms with Crippen LogP contribution >= 0.6 is 11.6 Å². The highest BCUT2D eigenvalue weighted by Crippen LogP contribution is 2.26. The minimum Gasteiger partial charge on any atom is -0.354 e. The van der Waals surface area contributed by atoms with Crippen LogP contribution in [0.5, 0.6) is 0 Å². The summed E-state index contributed by atoms with van der Waals surface area (Å²) in [7, 11) is 0. The van der Waals surface area contributed by atoms with E-state index in [4.69, 9.17) is 11.6 Å². The second-order valence-corrected chi connectivity index (χ2v) is 4.52. The molecule has 0 saturated carbocycles. The Morgan fingerprint density at radius 2 is 2.25 bits per heavy atom. The number of carbonyl (C=O) groups is 1. The van der Waals surface area contributed by atoms with Crippen LogP contribution < -0.4 is 5.32 Å². The zero-order chi connectivity index (χ0) is 11.1. The molecule has 1 N–H and O–H groups in total. The van der Waals surface area contributed by atoms with E-state index in [0.717, 1.165) is 15.9 Å². The van der Waals surface area contributed by atoms with Gasteiger partial charge in [-0.25, -0.2) is 0 Å². The van der Waals surface area contributed by atoms with Crippen molar-refractivity contribution in [1.82, 2.24) is 9.88 Å². The average Bonchev–Trinajstić information content (AvgIpc) is 2.83. The summed E-state index contributed by atoms with van der Waals surface area (Å²) in [6.45, 7) is 0.714. The molecule has 1 saturated heterocycles. The minimum atomic E-state index is 0.126. The average molecular weight is 235 g/mol. The number of nitrogens with one attached hydrogen (secondary N) is 1. The lowest BCUT2D eigenvalue weighted by molar-refractivity contribution is -0.119. The number of benzene rings is 1. The first-order chi connectivity index (χ1) is 7.74. The van der Waals surface area contributed by atoms with Gasteiger partial charge in [-0.1, -0.05) is 11.6 Å². The molecule has 1 aromatic carbocycles. The fourth-order valence-electron chi connectivity index (χ4n) is 2.24. The van der Waals surface area contributed by atoms with Crippen molar-refractivity contribution in [2.45, 2.75) is 12.5 Å². The van der Waals surface area contributed by atoms with Gasteiger partial charge in [0.2, 0.25) is 5.91 Å². The van der Waals surface area contributed by atoms with Crippen LogP contribution in [0, 0.1) is 0 Å². The number of aromatic nitrogens is 1. The van der Waals surface area contributed by atoms with Gasteiger partial charge in [-0.05, 0) is 24.3 Å². The fourth-order valence-corrected chi connectivity index (χ4v) is 2.42. The van der Waals surface area contributed by atoms with Crippen LogP contribution in [0.3, 0.4) is 0 Å². The molecule has 3 rings (SSSR count). The van der Waals surface area contributed by atoms with Gasteiger partial charge in [0.1, 0.15) is 0 Å². The van der Waals surface area contributed by atoms with Gasteiger partial charge in [0.25, 0.3) is 0 Å². The maximum atomic E-state index is 11.2. The highest BCUT2D eigenvalue weighted by Gasteiger charge is 2.23. The van der Waals surface area contributed by atoms with E-state index in [1.807, 2.05) is 30.5 Å². The maximum Gasteiger partial charge on any atom is 0.222 e. The van der Waals surface area contributed by atoms with E-state index in [1.165, 1.54) is 0 Å². The van der Waals surface area contributed by atoms with Gasteiger partial charge in [-0.3, -0.25) is 4.79 Å². The van der Waals surface area contributed by atoms with E-state index in [1.54, 1.807) is 0 Å². The first-order valence-corrected chi connectivity index (χ1v) is 5.64. The highest BCUT2D eigenvalue weighted by atomic mass is 35.5. The van der Waals surface area contributed by atoms with Gasteiger partial charge < -0.3 is 9.88 Å². The second kappa shape index (κ2) is 3.52. The standard InChI is InChI=1S/C12H11ClN2O/c13-9-1-2-11-8(5-9)3-4-15(11)10-6-12(16)14-7-10/h1-5,10H,6-7H2,(H,14,16). The van der Waals surface area contributed by atoms with Crippen molar-refractivity contribution in [3.63, 3.8) is 0 Å². The Labute approximate surface area is 98.0 Å². The molecule has 0 radical (unpaired) electrons. The largest absolute Gasteiger partial charge is 0.354 e. The molecule has 1 aliphatic heterocycles. The molecule has 1 unspecified atom stereocenters. The lowest BCUT2D eigenvalue weighted by atomic mass is 10.2. The first-order valence-electron chi connectivity index (χ1n) is 5.27. The zero-order valence-corrected chi connectivity index (χ0v) is 9.37. The van der Waals surface area contributed by atoms with Crippen molar-refractivity contribution in [2.75, 3.05) is 6.54 Å². The van der Waals surface area contributed by atoms with Crippen molar-refractivity contribution in [3.8, 4) is 0 Å². The molecule has 2 aromatic rings.